The zero-order valence-corrected chi connectivity index (χ0v) is 21.1. The molecule has 30 heavy (non-hydrogen) atoms. The quantitative estimate of drug-likeness (QED) is 0.300. The van der Waals surface area contributed by atoms with Crippen LogP contribution in [0.25, 0.3) is 0 Å². The minimum Gasteiger partial charge on any atom is -0.497 e. The third kappa shape index (κ3) is 7.40. The molecule has 1 aliphatic heterocycles. The van der Waals surface area contributed by atoms with Crippen LogP contribution in [-0.2, 0) is 11.3 Å². The van der Waals surface area contributed by atoms with Crippen molar-refractivity contribution in [2.75, 3.05) is 39.9 Å². The van der Waals surface area contributed by atoms with Gasteiger partial charge < -0.3 is 20.1 Å². The Morgan fingerprint density at radius 2 is 2.10 bits per heavy atom. The van der Waals surface area contributed by atoms with Gasteiger partial charge in [0.1, 0.15) is 5.75 Å². The highest BCUT2D eigenvalue weighted by atomic mass is 127. The number of guanidine groups is 1. The Morgan fingerprint density at radius 1 is 1.30 bits per heavy atom. The summed E-state index contributed by atoms with van der Waals surface area (Å²) in [6.45, 7) is 9.18. The molecule has 0 radical (unpaired) electrons. The van der Waals surface area contributed by atoms with E-state index in [2.05, 4.69) is 59.0 Å². The second kappa shape index (κ2) is 13.1. The van der Waals surface area contributed by atoms with Crippen molar-refractivity contribution >= 4 is 41.3 Å². The van der Waals surface area contributed by atoms with Crippen molar-refractivity contribution in [2.45, 2.75) is 32.5 Å². The first-order valence-electron chi connectivity index (χ1n) is 10.2. The number of nitrogens with zero attached hydrogens (tertiary/aromatic N) is 2. The monoisotopic (exact) mass is 544 g/mol. The molecular formula is C22H33IN4O2S. The van der Waals surface area contributed by atoms with Crippen LogP contribution in [0, 0.1) is 0 Å². The molecule has 0 bridgehead atoms. The van der Waals surface area contributed by atoms with Gasteiger partial charge in [-0.05, 0) is 43.0 Å². The SMILES string of the molecule is CCNC(=NCc1ccc(OC)cc1)NCC(c1cccs1)N1CCOC(C)C1.I. The molecule has 166 valence electrons. The van der Waals surface area contributed by atoms with Crippen LogP contribution >= 0.6 is 35.3 Å². The summed E-state index contributed by atoms with van der Waals surface area (Å²) in [5.41, 5.74) is 1.15. The van der Waals surface area contributed by atoms with Crippen LogP contribution < -0.4 is 15.4 Å². The Hall–Kier alpha value is -1.36. The van der Waals surface area contributed by atoms with E-state index in [0.29, 0.717) is 12.6 Å². The number of ether oxygens (including phenoxy) is 2. The van der Waals surface area contributed by atoms with Crippen molar-refractivity contribution in [2.24, 2.45) is 4.99 Å². The van der Waals surface area contributed by atoms with Gasteiger partial charge in [0.05, 0.1) is 32.4 Å². The second-order valence-electron chi connectivity index (χ2n) is 7.13. The standard InChI is InChI=1S/C22H32N4O2S.HI/c1-4-23-22(24-14-18-7-9-19(27-3)10-8-18)25-15-20(21-6-5-13-29-21)26-11-12-28-17(2)16-26;/h5-10,13,17,20H,4,11-12,14-16H2,1-3H3,(H2,23,24,25);1H. The first kappa shape index (κ1) is 24.9. The number of hydrogen-bond donors (Lipinski definition) is 2. The van der Waals surface area contributed by atoms with Crippen molar-refractivity contribution < 1.29 is 9.47 Å². The lowest BCUT2D eigenvalue weighted by atomic mass is 10.1. The molecule has 3 rings (SSSR count). The minimum absolute atomic E-state index is 0. The van der Waals surface area contributed by atoms with Crippen LogP contribution in [0.15, 0.2) is 46.8 Å². The molecule has 1 fully saturated rings. The van der Waals surface area contributed by atoms with Gasteiger partial charge in [-0.3, -0.25) is 4.90 Å². The van der Waals surface area contributed by atoms with Crippen LogP contribution in [0.3, 0.4) is 0 Å². The molecule has 2 N–H and O–H groups in total. The van der Waals surface area contributed by atoms with Crippen molar-refractivity contribution in [1.29, 1.82) is 0 Å². The van der Waals surface area contributed by atoms with Crippen LogP contribution in [0.2, 0.25) is 0 Å². The number of halogens is 1. The van der Waals surface area contributed by atoms with Gasteiger partial charge in [0.15, 0.2) is 5.96 Å². The fourth-order valence-electron chi connectivity index (χ4n) is 3.46. The average Bonchev–Trinajstić information content (AvgIpc) is 3.27. The molecule has 8 heteroatoms. The van der Waals surface area contributed by atoms with E-state index in [-0.39, 0.29) is 30.1 Å². The largest absolute Gasteiger partial charge is 0.497 e. The molecule has 1 saturated heterocycles. The maximum absolute atomic E-state index is 5.74. The van der Waals surface area contributed by atoms with Gasteiger partial charge in [0.2, 0.25) is 0 Å². The molecule has 6 nitrogen and oxygen atoms in total. The fraction of sp³-hybridized carbons (Fsp3) is 0.500. The van der Waals surface area contributed by atoms with Crippen LogP contribution in [0.1, 0.15) is 30.3 Å². The van der Waals surface area contributed by atoms with Crippen LogP contribution in [-0.4, -0.2) is 56.9 Å². The molecule has 0 spiro atoms. The molecule has 2 heterocycles. The lowest BCUT2D eigenvalue weighted by molar-refractivity contribution is -0.0334. The third-order valence-electron chi connectivity index (χ3n) is 4.97. The van der Waals surface area contributed by atoms with Gasteiger partial charge in [-0.15, -0.1) is 35.3 Å². The number of rotatable bonds is 8. The number of methoxy groups -OCH3 is 1. The Morgan fingerprint density at radius 3 is 2.73 bits per heavy atom. The van der Waals surface area contributed by atoms with E-state index < -0.39 is 0 Å². The molecule has 2 unspecified atom stereocenters. The summed E-state index contributed by atoms with van der Waals surface area (Å²) in [5, 5.41) is 9.06. The summed E-state index contributed by atoms with van der Waals surface area (Å²) >= 11 is 1.81. The average molecular weight is 545 g/mol. The lowest BCUT2D eigenvalue weighted by Crippen LogP contribution is -2.48. The second-order valence-corrected chi connectivity index (χ2v) is 8.11. The molecule has 0 amide bonds. The first-order chi connectivity index (χ1) is 14.2. The maximum Gasteiger partial charge on any atom is 0.191 e. The fourth-order valence-corrected chi connectivity index (χ4v) is 4.32. The van der Waals surface area contributed by atoms with E-state index in [1.54, 1.807) is 7.11 Å². The Kier molecular flexibility index (Phi) is 10.9. The van der Waals surface area contributed by atoms with Gasteiger partial charge in [-0.1, -0.05) is 18.2 Å². The Labute approximate surface area is 201 Å². The summed E-state index contributed by atoms with van der Waals surface area (Å²) in [5.74, 6) is 1.70. The molecule has 2 aromatic rings. The molecular weight excluding hydrogens is 511 g/mol. The zero-order valence-electron chi connectivity index (χ0n) is 18.0. The maximum atomic E-state index is 5.74. The zero-order chi connectivity index (χ0) is 20.5. The number of hydrogen-bond acceptors (Lipinski definition) is 5. The summed E-state index contributed by atoms with van der Waals surface area (Å²) in [6.07, 6.45) is 0.267. The molecule has 2 atom stereocenters. The Bertz CT molecular complexity index is 755. The van der Waals surface area contributed by atoms with Crippen molar-refractivity contribution in [3.05, 3.63) is 52.2 Å². The summed E-state index contributed by atoms with van der Waals surface area (Å²) in [7, 11) is 1.68. The van der Waals surface area contributed by atoms with E-state index in [1.807, 2.05) is 23.5 Å². The van der Waals surface area contributed by atoms with E-state index >= 15 is 0 Å². The summed E-state index contributed by atoms with van der Waals surface area (Å²) in [6, 6.07) is 12.7. The van der Waals surface area contributed by atoms with Crippen LogP contribution in [0.4, 0.5) is 0 Å². The molecule has 1 aromatic carbocycles. The number of thiophene rings is 1. The molecule has 0 aliphatic carbocycles. The third-order valence-corrected chi connectivity index (χ3v) is 5.94. The Balaban J connectivity index is 0.00000320. The lowest BCUT2D eigenvalue weighted by Gasteiger charge is -2.37. The molecule has 1 aliphatic rings. The van der Waals surface area contributed by atoms with Crippen molar-refractivity contribution in [3.8, 4) is 5.75 Å². The highest BCUT2D eigenvalue weighted by Gasteiger charge is 2.26. The summed E-state index contributed by atoms with van der Waals surface area (Å²) < 4.78 is 11.0. The predicted octanol–water partition coefficient (Wildman–Crippen LogP) is 3.89. The minimum atomic E-state index is 0. The smallest absolute Gasteiger partial charge is 0.191 e. The number of nitrogens with one attached hydrogen (secondary N) is 2. The normalized spacial score (nSPS) is 18.4. The highest BCUT2D eigenvalue weighted by Crippen LogP contribution is 2.26. The molecule has 0 saturated carbocycles. The van der Waals surface area contributed by atoms with Crippen molar-refractivity contribution in [1.82, 2.24) is 15.5 Å². The highest BCUT2D eigenvalue weighted by molar-refractivity contribution is 14.0. The van der Waals surface area contributed by atoms with Gasteiger partial charge in [-0.25, -0.2) is 4.99 Å². The predicted molar refractivity (Wildman–Crippen MR) is 135 cm³/mol. The topological polar surface area (TPSA) is 58.1 Å². The molecule has 1 aromatic heterocycles. The number of benzene rings is 1. The van der Waals surface area contributed by atoms with Crippen molar-refractivity contribution in [3.63, 3.8) is 0 Å². The van der Waals surface area contributed by atoms with Gasteiger partial charge in [0.25, 0.3) is 0 Å². The van der Waals surface area contributed by atoms with E-state index in [0.717, 1.165) is 50.1 Å². The van der Waals surface area contributed by atoms with Crippen LogP contribution in [0.5, 0.6) is 5.75 Å². The number of morpholine rings is 1. The van der Waals surface area contributed by atoms with Gasteiger partial charge in [-0.2, -0.15) is 0 Å². The van der Waals surface area contributed by atoms with Gasteiger partial charge >= 0.3 is 0 Å². The van der Waals surface area contributed by atoms with E-state index in [9.17, 15) is 0 Å². The number of aliphatic imine (C=N–C) groups is 1. The first-order valence-corrected chi connectivity index (χ1v) is 11.1. The van der Waals surface area contributed by atoms with E-state index in [1.165, 1.54) is 4.88 Å². The summed E-state index contributed by atoms with van der Waals surface area (Å²) in [4.78, 5) is 8.65. The van der Waals surface area contributed by atoms with E-state index in [4.69, 9.17) is 14.5 Å². The van der Waals surface area contributed by atoms with Gasteiger partial charge in [0, 0.05) is 31.1 Å².